The summed E-state index contributed by atoms with van der Waals surface area (Å²) in [6.45, 7) is 6.48. The molecule has 7 nitrogen and oxygen atoms in total. The van der Waals surface area contributed by atoms with E-state index in [2.05, 4.69) is 28.5 Å². The van der Waals surface area contributed by atoms with Gasteiger partial charge in [-0.25, -0.2) is 9.79 Å². The van der Waals surface area contributed by atoms with E-state index in [1.807, 2.05) is 43.2 Å². The molecule has 0 fully saturated rings. The van der Waals surface area contributed by atoms with Crippen molar-refractivity contribution in [2.24, 2.45) is 4.99 Å². The van der Waals surface area contributed by atoms with E-state index in [-0.39, 0.29) is 12.3 Å². The highest BCUT2D eigenvalue weighted by atomic mass is 32.2. The number of thioether (sulfide) groups is 1. The van der Waals surface area contributed by atoms with E-state index in [0.717, 1.165) is 33.1 Å². The van der Waals surface area contributed by atoms with Gasteiger partial charge >= 0.3 is 5.97 Å². The summed E-state index contributed by atoms with van der Waals surface area (Å²) in [6, 6.07) is 9.55. The third-order valence-corrected chi connectivity index (χ3v) is 6.83. The SMILES string of the molecule is CCC1=C(C(=O)OC)C(c2cc(C)ccc2C)N2C(CC(=O)NCc3ccncc3)=CSC2=N1. The van der Waals surface area contributed by atoms with E-state index in [4.69, 9.17) is 9.73 Å². The van der Waals surface area contributed by atoms with Crippen LogP contribution in [-0.2, 0) is 20.9 Å². The van der Waals surface area contributed by atoms with Crippen molar-refractivity contribution in [3.8, 4) is 0 Å². The van der Waals surface area contributed by atoms with Gasteiger partial charge in [0.25, 0.3) is 0 Å². The molecule has 1 aromatic carbocycles. The molecule has 0 saturated carbocycles. The molecule has 1 atom stereocenters. The number of methoxy groups -OCH3 is 1. The van der Waals surface area contributed by atoms with Gasteiger partial charge in [0.05, 0.1) is 30.8 Å². The van der Waals surface area contributed by atoms with Crippen LogP contribution in [0.3, 0.4) is 0 Å². The Bertz CT molecular complexity index is 1200. The summed E-state index contributed by atoms with van der Waals surface area (Å²) in [6.07, 6.45) is 4.18. The number of carbonyl (C=O) groups excluding carboxylic acids is 2. The number of aliphatic imine (C=N–C) groups is 1. The number of esters is 1. The summed E-state index contributed by atoms with van der Waals surface area (Å²) in [4.78, 5) is 36.7. The lowest BCUT2D eigenvalue weighted by atomic mass is 9.89. The minimum Gasteiger partial charge on any atom is -0.466 e. The maximum atomic E-state index is 13.0. The highest BCUT2D eigenvalue weighted by molar-refractivity contribution is 8.16. The van der Waals surface area contributed by atoms with Gasteiger partial charge in [0.2, 0.25) is 5.91 Å². The average Bonchev–Trinajstić information content (AvgIpc) is 3.25. The molecule has 0 radical (unpaired) electrons. The Hall–Kier alpha value is -3.39. The summed E-state index contributed by atoms with van der Waals surface area (Å²) in [5.41, 5.74) is 6.19. The minimum atomic E-state index is -0.413. The molecule has 0 aliphatic carbocycles. The van der Waals surface area contributed by atoms with Crippen LogP contribution in [0.5, 0.6) is 0 Å². The van der Waals surface area contributed by atoms with E-state index in [1.165, 1.54) is 18.9 Å². The zero-order valence-corrected chi connectivity index (χ0v) is 20.6. The van der Waals surface area contributed by atoms with Gasteiger partial charge in [-0.2, -0.15) is 0 Å². The number of nitrogens with zero attached hydrogens (tertiary/aromatic N) is 3. The van der Waals surface area contributed by atoms with Crippen molar-refractivity contribution in [2.45, 2.75) is 46.2 Å². The first-order valence-electron chi connectivity index (χ1n) is 11.2. The first-order valence-corrected chi connectivity index (χ1v) is 12.1. The molecule has 0 spiro atoms. The molecular weight excluding hydrogens is 448 g/mol. The molecule has 1 N–H and O–H groups in total. The number of aromatic nitrogens is 1. The van der Waals surface area contributed by atoms with Gasteiger partial charge < -0.3 is 15.0 Å². The molecule has 176 valence electrons. The minimum absolute atomic E-state index is 0.102. The lowest BCUT2D eigenvalue weighted by Crippen LogP contribution is -2.38. The van der Waals surface area contributed by atoms with Crippen molar-refractivity contribution < 1.29 is 14.3 Å². The zero-order chi connectivity index (χ0) is 24.2. The van der Waals surface area contributed by atoms with Crippen LogP contribution in [0.15, 0.2) is 70.1 Å². The number of hydrogen-bond donors (Lipinski definition) is 1. The van der Waals surface area contributed by atoms with E-state index in [0.29, 0.717) is 24.2 Å². The fourth-order valence-corrected chi connectivity index (χ4v) is 5.13. The number of carbonyl (C=O) groups is 2. The van der Waals surface area contributed by atoms with Crippen LogP contribution in [0.1, 0.15) is 48.1 Å². The third-order valence-electron chi connectivity index (χ3n) is 5.94. The lowest BCUT2D eigenvalue weighted by Gasteiger charge is -2.37. The maximum Gasteiger partial charge on any atom is 0.338 e. The van der Waals surface area contributed by atoms with Crippen molar-refractivity contribution in [1.29, 1.82) is 0 Å². The van der Waals surface area contributed by atoms with Crippen molar-refractivity contribution in [1.82, 2.24) is 15.2 Å². The van der Waals surface area contributed by atoms with E-state index < -0.39 is 12.0 Å². The molecule has 1 amide bonds. The highest BCUT2D eigenvalue weighted by Gasteiger charge is 2.42. The molecule has 8 heteroatoms. The van der Waals surface area contributed by atoms with Gasteiger partial charge in [-0.1, -0.05) is 42.4 Å². The second kappa shape index (κ2) is 10.3. The van der Waals surface area contributed by atoms with Crippen LogP contribution >= 0.6 is 11.8 Å². The van der Waals surface area contributed by atoms with Crippen LogP contribution in [0.2, 0.25) is 0 Å². The van der Waals surface area contributed by atoms with Crippen molar-refractivity contribution >= 4 is 28.8 Å². The topological polar surface area (TPSA) is 83.9 Å². The number of pyridine rings is 1. The first-order chi connectivity index (χ1) is 16.4. The number of allylic oxidation sites excluding steroid dienone is 1. The Morgan fingerprint density at radius 1 is 1.18 bits per heavy atom. The smallest absolute Gasteiger partial charge is 0.338 e. The molecule has 1 aromatic heterocycles. The summed E-state index contributed by atoms with van der Waals surface area (Å²) in [5, 5.41) is 5.70. The van der Waals surface area contributed by atoms with Crippen LogP contribution < -0.4 is 5.32 Å². The van der Waals surface area contributed by atoms with Gasteiger partial charge in [-0.15, -0.1) is 0 Å². The Labute approximate surface area is 204 Å². The summed E-state index contributed by atoms with van der Waals surface area (Å²) >= 11 is 1.48. The molecule has 2 aliphatic rings. The van der Waals surface area contributed by atoms with Gasteiger partial charge in [-0.05, 0) is 54.5 Å². The second-order valence-electron chi connectivity index (χ2n) is 8.27. The standard InChI is InChI=1S/C26H28N4O3S/c1-5-21-23(25(32)33-4)24(20-12-16(2)6-7-17(20)3)30-19(15-34-26(30)29-21)13-22(31)28-14-18-8-10-27-11-9-18/h6-12,15,24H,5,13-14H2,1-4H3,(H,28,31). The van der Waals surface area contributed by atoms with Gasteiger partial charge in [0.15, 0.2) is 5.17 Å². The molecule has 0 saturated heterocycles. The summed E-state index contributed by atoms with van der Waals surface area (Å²) in [5.74, 6) is -0.501. The Morgan fingerprint density at radius 3 is 2.65 bits per heavy atom. The number of hydrogen-bond acceptors (Lipinski definition) is 7. The fraction of sp³-hybridized carbons (Fsp3) is 0.308. The molecule has 1 unspecified atom stereocenters. The van der Waals surface area contributed by atoms with Crippen LogP contribution in [0.25, 0.3) is 0 Å². The van der Waals surface area contributed by atoms with Gasteiger partial charge in [0.1, 0.15) is 0 Å². The van der Waals surface area contributed by atoms with Gasteiger partial charge in [0, 0.05) is 24.6 Å². The summed E-state index contributed by atoms with van der Waals surface area (Å²) in [7, 11) is 1.39. The number of fused-ring (bicyclic) bond motifs is 1. The number of ether oxygens (including phenoxy) is 1. The number of amidine groups is 1. The molecule has 0 bridgehead atoms. The first kappa shape index (κ1) is 23.8. The van der Waals surface area contributed by atoms with Gasteiger partial charge in [-0.3, -0.25) is 9.78 Å². The average molecular weight is 477 g/mol. The van der Waals surface area contributed by atoms with E-state index in [9.17, 15) is 9.59 Å². The number of amides is 1. The number of nitrogens with one attached hydrogen (secondary N) is 1. The molecule has 34 heavy (non-hydrogen) atoms. The normalized spacial score (nSPS) is 17.2. The molecule has 2 aliphatic heterocycles. The lowest BCUT2D eigenvalue weighted by molar-refractivity contribution is -0.136. The third kappa shape index (κ3) is 4.77. The molecule has 4 rings (SSSR count). The predicted molar refractivity (Wildman–Crippen MR) is 134 cm³/mol. The predicted octanol–water partition coefficient (Wildman–Crippen LogP) is 4.54. The Morgan fingerprint density at radius 2 is 1.94 bits per heavy atom. The van der Waals surface area contributed by atoms with Crippen LogP contribution in [0.4, 0.5) is 0 Å². The molecule has 2 aromatic rings. The monoisotopic (exact) mass is 476 g/mol. The Balaban J connectivity index is 1.67. The van der Waals surface area contributed by atoms with Crippen molar-refractivity contribution in [3.63, 3.8) is 0 Å². The van der Waals surface area contributed by atoms with E-state index >= 15 is 0 Å². The second-order valence-corrected chi connectivity index (χ2v) is 9.11. The summed E-state index contributed by atoms with van der Waals surface area (Å²) < 4.78 is 5.19. The quantitative estimate of drug-likeness (QED) is 0.591. The van der Waals surface area contributed by atoms with Crippen LogP contribution in [-0.4, -0.2) is 34.0 Å². The van der Waals surface area contributed by atoms with Crippen LogP contribution in [0, 0.1) is 13.8 Å². The Kier molecular flexibility index (Phi) is 7.17. The largest absolute Gasteiger partial charge is 0.466 e. The fourth-order valence-electron chi connectivity index (χ4n) is 4.19. The zero-order valence-electron chi connectivity index (χ0n) is 19.8. The molecule has 3 heterocycles. The van der Waals surface area contributed by atoms with E-state index in [1.54, 1.807) is 12.4 Å². The number of rotatable bonds is 7. The maximum absolute atomic E-state index is 13.0. The highest BCUT2D eigenvalue weighted by Crippen LogP contribution is 2.46. The van der Waals surface area contributed by atoms with Crippen molar-refractivity contribution in [3.05, 3.63) is 87.4 Å². The number of benzene rings is 1. The molecular formula is C26H28N4O3S. The number of aryl methyl sites for hydroxylation is 2. The van der Waals surface area contributed by atoms with Crippen molar-refractivity contribution in [2.75, 3.05) is 7.11 Å².